The third-order valence-electron chi connectivity index (χ3n) is 1.74. The summed E-state index contributed by atoms with van der Waals surface area (Å²) in [5.74, 6) is 0.609. The van der Waals surface area contributed by atoms with Crippen LogP contribution in [0, 0.1) is 0 Å². The van der Waals surface area contributed by atoms with Gasteiger partial charge in [-0.1, -0.05) is 95.6 Å². The van der Waals surface area contributed by atoms with Gasteiger partial charge in [0.25, 0.3) is 0 Å². The van der Waals surface area contributed by atoms with Crippen LogP contribution in [0.1, 0.15) is 11.6 Å². The van der Waals surface area contributed by atoms with Gasteiger partial charge >= 0.3 is 6.01 Å². The Balaban J connectivity index is 3.11. The van der Waals surface area contributed by atoms with Crippen LogP contribution in [0.2, 0.25) is 0 Å². The quantitative estimate of drug-likeness (QED) is 0.479. The molecule has 0 aliphatic carbocycles. The summed E-state index contributed by atoms with van der Waals surface area (Å²) in [5.41, 5.74) is 0. The molecule has 1 aromatic heterocycles. The van der Waals surface area contributed by atoms with Crippen LogP contribution in [-0.4, -0.2) is 44.5 Å². The first kappa shape index (κ1) is 19.7. The molecule has 0 amide bonds. The number of alkyl halides is 6. The maximum absolute atomic E-state index is 9.28. The summed E-state index contributed by atoms with van der Waals surface area (Å²) in [5, 5.41) is 18.0. The number of hydrogen-bond acceptors (Lipinski definition) is 6. The average Bonchev–Trinajstić information content (AvgIpc) is 2.33. The molecule has 0 fully saturated rings. The van der Waals surface area contributed by atoms with Gasteiger partial charge in [0, 0.05) is 0 Å². The molecule has 12 heteroatoms. The van der Waals surface area contributed by atoms with Crippen LogP contribution in [0.3, 0.4) is 0 Å². The van der Waals surface area contributed by atoms with Gasteiger partial charge in [0.2, 0.25) is 0 Å². The zero-order valence-electron chi connectivity index (χ0n) is 9.40. The highest BCUT2D eigenvalue weighted by atomic mass is 80.0. The minimum absolute atomic E-state index is 0.00273. The molecule has 0 aliphatic heterocycles. The van der Waals surface area contributed by atoms with Crippen LogP contribution in [0.15, 0.2) is 0 Å². The summed E-state index contributed by atoms with van der Waals surface area (Å²) in [6.45, 7) is -0.553. The van der Waals surface area contributed by atoms with E-state index in [-0.39, 0.29) is 12.6 Å². The number of aliphatic hydroxyl groups is 2. The number of rotatable bonds is 4. The Labute approximate surface area is 165 Å². The maximum atomic E-state index is 9.28. The van der Waals surface area contributed by atoms with E-state index in [0.29, 0.717) is 11.6 Å². The lowest BCUT2D eigenvalue weighted by atomic mass is 10.4. The summed E-state index contributed by atoms with van der Waals surface area (Å²) >= 11 is 19.8. The van der Waals surface area contributed by atoms with Crippen LogP contribution >= 0.6 is 95.6 Å². The lowest BCUT2D eigenvalue weighted by Crippen LogP contribution is -2.23. The molecule has 0 saturated carbocycles. The average molecular weight is 673 g/mol. The molecule has 1 rings (SSSR count). The van der Waals surface area contributed by atoms with E-state index in [9.17, 15) is 5.11 Å². The van der Waals surface area contributed by atoms with Crippen molar-refractivity contribution >= 4 is 95.6 Å². The van der Waals surface area contributed by atoms with Crippen molar-refractivity contribution < 1.29 is 14.9 Å². The van der Waals surface area contributed by atoms with Crippen molar-refractivity contribution in [3.8, 4) is 6.01 Å². The molecule has 6 nitrogen and oxygen atoms in total. The first-order chi connectivity index (χ1) is 9.04. The Kier molecular flexibility index (Phi) is 7.80. The molecule has 1 atom stereocenters. The van der Waals surface area contributed by atoms with E-state index in [0.717, 1.165) is 0 Å². The van der Waals surface area contributed by atoms with Gasteiger partial charge in [-0.25, -0.2) is 4.98 Å². The standard InChI is InChI=1S/C8H7Br6N3O3/c9-7(10,11)4-15-5(8(12,13)14)17-6(16-4)20-2-3(19)1-18/h3,18-19H,1-2H2. The summed E-state index contributed by atoms with van der Waals surface area (Å²) in [6.07, 6.45) is -1.01. The van der Waals surface area contributed by atoms with E-state index in [2.05, 4.69) is 111 Å². The third kappa shape index (κ3) is 6.39. The molecule has 1 unspecified atom stereocenters. The Morgan fingerprint density at radius 1 is 0.950 bits per heavy atom. The van der Waals surface area contributed by atoms with Gasteiger partial charge in [-0.05, 0) is 0 Å². The summed E-state index contributed by atoms with van der Waals surface area (Å²) in [7, 11) is 0. The van der Waals surface area contributed by atoms with Crippen molar-refractivity contribution in [3.05, 3.63) is 11.6 Å². The summed E-state index contributed by atoms with van der Waals surface area (Å²) in [4.78, 5) is 12.4. The number of aromatic nitrogens is 3. The van der Waals surface area contributed by atoms with Gasteiger partial charge in [0.15, 0.2) is 15.9 Å². The number of aliphatic hydroxyl groups excluding tert-OH is 2. The molecule has 0 saturated heterocycles. The third-order valence-corrected chi connectivity index (χ3v) is 3.87. The highest BCUT2D eigenvalue weighted by Crippen LogP contribution is 2.46. The zero-order chi connectivity index (χ0) is 15.6. The first-order valence-corrected chi connectivity index (χ1v) is 9.62. The van der Waals surface area contributed by atoms with Crippen molar-refractivity contribution in [1.82, 2.24) is 15.0 Å². The maximum Gasteiger partial charge on any atom is 0.320 e. The molecule has 114 valence electrons. The van der Waals surface area contributed by atoms with Crippen LogP contribution < -0.4 is 4.74 Å². The molecular formula is C8H7Br6N3O3. The molecule has 2 N–H and O–H groups in total. The Morgan fingerprint density at radius 2 is 1.40 bits per heavy atom. The van der Waals surface area contributed by atoms with E-state index >= 15 is 0 Å². The van der Waals surface area contributed by atoms with E-state index in [1.165, 1.54) is 0 Å². The molecule has 0 bridgehead atoms. The summed E-state index contributed by atoms with van der Waals surface area (Å²) < 4.78 is 3.53. The van der Waals surface area contributed by atoms with Gasteiger partial charge in [-0.15, -0.1) is 0 Å². The second-order valence-electron chi connectivity index (χ2n) is 3.41. The molecule has 1 heterocycles. The van der Waals surface area contributed by atoms with E-state index in [4.69, 9.17) is 9.84 Å². The van der Waals surface area contributed by atoms with Crippen molar-refractivity contribution in [2.45, 2.75) is 10.4 Å². The lowest BCUT2D eigenvalue weighted by molar-refractivity contribution is 0.0502. The van der Waals surface area contributed by atoms with Crippen LogP contribution in [0.25, 0.3) is 0 Å². The van der Waals surface area contributed by atoms with Gasteiger partial charge in [0.05, 0.1) is 6.61 Å². The van der Waals surface area contributed by atoms with E-state index in [1.807, 2.05) is 0 Å². The monoisotopic (exact) mass is 667 g/mol. The Morgan fingerprint density at radius 3 is 1.75 bits per heavy atom. The molecule has 20 heavy (non-hydrogen) atoms. The molecule has 0 aliphatic rings. The largest absolute Gasteiger partial charge is 0.461 e. The van der Waals surface area contributed by atoms with Crippen molar-refractivity contribution in [1.29, 1.82) is 0 Å². The fourth-order valence-corrected chi connectivity index (χ4v) is 1.96. The topological polar surface area (TPSA) is 88.4 Å². The predicted molar refractivity (Wildman–Crippen MR) is 95.3 cm³/mol. The fourth-order valence-electron chi connectivity index (χ4n) is 0.898. The zero-order valence-corrected chi connectivity index (χ0v) is 18.9. The minimum atomic E-state index is -1.01. The van der Waals surface area contributed by atoms with E-state index < -0.39 is 17.0 Å². The molecular weight excluding hydrogens is 666 g/mol. The first-order valence-electron chi connectivity index (χ1n) is 4.86. The lowest BCUT2D eigenvalue weighted by Gasteiger charge is -2.17. The highest BCUT2D eigenvalue weighted by Gasteiger charge is 2.32. The fraction of sp³-hybridized carbons (Fsp3) is 0.625. The number of hydrogen-bond donors (Lipinski definition) is 2. The van der Waals surface area contributed by atoms with Crippen molar-refractivity contribution in [2.75, 3.05) is 13.2 Å². The Bertz CT molecular complexity index is 432. The van der Waals surface area contributed by atoms with Crippen LogP contribution in [-0.2, 0) is 4.29 Å². The van der Waals surface area contributed by atoms with Gasteiger partial charge in [0.1, 0.15) is 12.7 Å². The van der Waals surface area contributed by atoms with Crippen molar-refractivity contribution in [3.63, 3.8) is 0 Å². The number of halogens is 6. The SMILES string of the molecule is OCC(O)COc1nc(C(Br)(Br)Br)nc(C(Br)(Br)Br)n1. The van der Waals surface area contributed by atoms with Gasteiger partial charge < -0.3 is 14.9 Å². The van der Waals surface area contributed by atoms with Crippen LogP contribution in [0.4, 0.5) is 0 Å². The normalized spacial score (nSPS) is 14.2. The number of ether oxygens (including phenoxy) is 1. The molecule has 0 aromatic carbocycles. The predicted octanol–water partition coefficient (Wildman–Crippen LogP) is 3.19. The molecule has 1 aromatic rings. The van der Waals surface area contributed by atoms with E-state index in [1.54, 1.807) is 0 Å². The highest BCUT2D eigenvalue weighted by molar-refractivity contribution is 9.39. The smallest absolute Gasteiger partial charge is 0.320 e. The second kappa shape index (κ2) is 7.93. The molecule has 0 spiro atoms. The summed E-state index contributed by atoms with van der Waals surface area (Å²) in [6, 6.07) is 0.00273. The van der Waals surface area contributed by atoms with Gasteiger partial charge in [-0.3, -0.25) is 0 Å². The minimum Gasteiger partial charge on any atom is -0.461 e. The molecule has 0 radical (unpaired) electrons. The van der Waals surface area contributed by atoms with Gasteiger partial charge in [-0.2, -0.15) is 9.97 Å². The van der Waals surface area contributed by atoms with Crippen LogP contribution in [0.5, 0.6) is 6.01 Å². The Hall–Kier alpha value is 1.61. The second-order valence-corrected chi connectivity index (χ2v) is 16.9. The number of nitrogens with zero attached hydrogens (tertiary/aromatic N) is 3. The van der Waals surface area contributed by atoms with Crippen molar-refractivity contribution in [2.24, 2.45) is 0 Å².